The van der Waals surface area contributed by atoms with Crippen LogP contribution in [0.2, 0.25) is 0 Å². The molecular weight excluding hydrogens is 553 g/mol. The molecule has 0 saturated carbocycles. The SMILES string of the molecule is CC(C)CCN(CCC(C)C)S(=O)(=O)c1ccc2c(c1)Cc1cc(S(=O)(=O)N(CCC(C)C)CCC(C)C)ccc1-2. The maximum Gasteiger partial charge on any atom is 0.243 e. The van der Waals surface area contributed by atoms with Crippen molar-refractivity contribution in [2.45, 2.75) is 97.3 Å². The van der Waals surface area contributed by atoms with Crippen LogP contribution in [-0.2, 0) is 26.5 Å². The molecule has 0 atom stereocenters. The van der Waals surface area contributed by atoms with Crippen molar-refractivity contribution in [3.8, 4) is 11.1 Å². The second kappa shape index (κ2) is 14.2. The van der Waals surface area contributed by atoms with E-state index in [1.807, 2.05) is 12.1 Å². The second-order valence-electron chi connectivity index (χ2n) is 13.4. The highest BCUT2D eigenvalue weighted by molar-refractivity contribution is 7.89. The highest BCUT2D eigenvalue weighted by Crippen LogP contribution is 2.39. The fraction of sp³-hybridized carbons (Fsp3) is 0.636. The molecule has 2 aromatic rings. The Labute approximate surface area is 250 Å². The zero-order valence-electron chi connectivity index (χ0n) is 26.5. The second-order valence-corrected chi connectivity index (χ2v) is 17.2. The van der Waals surface area contributed by atoms with E-state index in [1.165, 1.54) is 0 Å². The van der Waals surface area contributed by atoms with Gasteiger partial charge in [0.1, 0.15) is 0 Å². The normalized spacial score (nSPS) is 13.8. The Kier molecular flexibility index (Phi) is 11.7. The first-order valence-corrected chi connectivity index (χ1v) is 18.3. The molecule has 0 amide bonds. The van der Waals surface area contributed by atoms with Gasteiger partial charge >= 0.3 is 0 Å². The molecule has 8 heteroatoms. The largest absolute Gasteiger partial charge is 0.243 e. The van der Waals surface area contributed by atoms with Crippen molar-refractivity contribution in [2.24, 2.45) is 23.7 Å². The lowest BCUT2D eigenvalue weighted by molar-refractivity contribution is 0.356. The van der Waals surface area contributed by atoms with Crippen LogP contribution in [0.3, 0.4) is 0 Å². The van der Waals surface area contributed by atoms with Gasteiger partial charge in [-0.25, -0.2) is 16.8 Å². The highest BCUT2D eigenvalue weighted by atomic mass is 32.2. The standard InChI is InChI=1S/C33H52N2O4S2/c1-24(2)13-17-34(18-14-25(3)4)40(36,37)30-9-11-32-28(22-30)21-29-23-31(10-12-33(29)32)41(38,39)35(19-15-26(5)6)20-16-27(7)8/h9-12,22-27H,13-21H2,1-8H3. The molecule has 3 rings (SSSR count). The third-order valence-corrected chi connectivity index (χ3v) is 11.7. The van der Waals surface area contributed by atoms with Gasteiger partial charge in [0, 0.05) is 26.2 Å². The van der Waals surface area contributed by atoms with Gasteiger partial charge in [0.05, 0.1) is 9.79 Å². The number of nitrogens with zero attached hydrogens (tertiary/aromatic N) is 2. The van der Waals surface area contributed by atoms with Crippen LogP contribution in [0.5, 0.6) is 0 Å². The zero-order valence-corrected chi connectivity index (χ0v) is 28.1. The van der Waals surface area contributed by atoms with Crippen molar-refractivity contribution in [1.29, 1.82) is 0 Å². The lowest BCUT2D eigenvalue weighted by atomic mass is 10.1. The summed E-state index contributed by atoms with van der Waals surface area (Å²) in [5, 5.41) is 0. The van der Waals surface area contributed by atoms with Gasteiger partial charge in [-0.2, -0.15) is 8.61 Å². The maximum atomic E-state index is 13.8. The van der Waals surface area contributed by atoms with Gasteiger partial charge in [0.25, 0.3) is 0 Å². The van der Waals surface area contributed by atoms with Gasteiger partial charge in [0.2, 0.25) is 20.0 Å². The minimum absolute atomic E-state index is 0.318. The first kappa shape index (κ1) is 33.8. The summed E-state index contributed by atoms with van der Waals surface area (Å²) in [5.74, 6) is 1.66. The minimum Gasteiger partial charge on any atom is -0.207 e. The average molecular weight is 605 g/mol. The third kappa shape index (κ3) is 8.65. The van der Waals surface area contributed by atoms with Crippen LogP contribution in [0.15, 0.2) is 46.2 Å². The average Bonchev–Trinajstić information content (AvgIpc) is 3.24. The van der Waals surface area contributed by atoms with Crippen LogP contribution >= 0.6 is 0 Å². The zero-order chi connectivity index (χ0) is 30.5. The number of hydrogen-bond donors (Lipinski definition) is 0. The molecule has 0 radical (unpaired) electrons. The molecule has 6 nitrogen and oxygen atoms in total. The van der Waals surface area contributed by atoms with Crippen molar-refractivity contribution in [3.05, 3.63) is 47.5 Å². The number of fused-ring (bicyclic) bond motifs is 3. The fourth-order valence-electron chi connectivity index (χ4n) is 5.10. The van der Waals surface area contributed by atoms with Gasteiger partial charge in [-0.05, 0) is 102 Å². The molecule has 0 N–H and O–H groups in total. The van der Waals surface area contributed by atoms with Gasteiger partial charge in [0.15, 0.2) is 0 Å². The lowest BCUT2D eigenvalue weighted by Gasteiger charge is -2.24. The van der Waals surface area contributed by atoms with E-state index in [0.29, 0.717) is 66.1 Å². The predicted molar refractivity (Wildman–Crippen MR) is 170 cm³/mol. The predicted octanol–water partition coefficient (Wildman–Crippen LogP) is 7.42. The summed E-state index contributed by atoms with van der Waals surface area (Å²) in [4.78, 5) is 0.635. The molecule has 1 aliphatic carbocycles. The van der Waals surface area contributed by atoms with Crippen molar-refractivity contribution in [3.63, 3.8) is 0 Å². The quantitative estimate of drug-likeness (QED) is 0.170. The Hall–Kier alpha value is -1.74. The molecule has 2 aromatic carbocycles. The summed E-state index contributed by atoms with van der Waals surface area (Å²) in [7, 11) is -7.28. The number of hydrogen-bond acceptors (Lipinski definition) is 4. The van der Waals surface area contributed by atoms with Crippen LogP contribution in [0, 0.1) is 23.7 Å². The summed E-state index contributed by atoms with van der Waals surface area (Å²) in [6, 6.07) is 10.8. The first-order valence-electron chi connectivity index (χ1n) is 15.4. The van der Waals surface area contributed by atoms with Crippen LogP contribution in [0.4, 0.5) is 0 Å². The smallest absolute Gasteiger partial charge is 0.207 e. The Balaban J connectivity index is 1.89. The van der Waals surface area contributed by atoms with E-state index in [1.54, 1.807) is 32.9 Å². The van der Waals surface area contributed by atoms with Gasteiger partial charge in [-0.1, -0.05) is 67.5 Å². The number of rotatable bonds is 16. The van der Waals surface area contributed by atoms with Gasteiger partial charge in [-0.15, -0.1) is 0 Å². The van der Waals surface area contributed by atoms with E-state index >= 15 is 0 Å². The van der Waals surface area contributed by atoms with Crippen LogP contribution in [-0.4, -0.2) is 51.6 Å². The van der Waals surface area contributed by atoms with Crippen molar-refractivity contribution in [1.82, 2.24) is 8.61 Å². The van der Waals surface area contributed by atoms with Gasteiger partial charge in [-0.3, -0.25) is 0 Å². The van der Waals surface area contributed by atoms with E-state index in [-0.39, 0.29) is 0 Å². The molecule has 41 heavy (non-hydrogen) atoms. The maximum absolute atomic E-state index is 13.8. The fourth-order valence-corrected chi connectivity index (χ4v) is 8.14. The summed E-state index contributed by atoms with van der Waals surface area (Å²) in [5.41, 5.74) is 3.82. The van der Waals surface area contributed by atoms with E-state index in [4.69, 9.17) is 0 Å². The van der Waals surface area contributed by atoms with Crippen molar-refractivity contribution < 1.29 is 16.8 Å². The van der Waals surface area contributed by atoms with E-state index in [2.05, 4.69) is 55.4 Å². The van der Waals surface area contributed by atoms with Crippen molar-refractivity contribution in [2.75, 3.05) is 26.2 Å². The Morgan fingerprint density at radius 1 is 0.537 bits per heavy atom. The molecule has 0 aromatic heterocycles. The third-order valence-electron chi connectivity index (χ3n) is 7.92. The molecule has 0 heterocycles. The molecule has 0 bridgehead atoms. The molecule has 0 fully saturated rings. The topological polar surface area (TPSA) is 74.8 Å². The molecule has 0 spiro atoms. The van der Waals surface area contributed by atoms with Crippen LogP contribution in [0.1, 0.15) is 92.2 Å². The van der Waals surface area contributed by atoms with Crippen molar-refractivity contribution >= 4 is 20.0 Å². The van der Waals surface area contributed by atoms with Crippen LogP contribution in [0.25, 0.3) is 11.1 Å². The monoisotopic (exact) mass is 604 g/mol. The lowest BCUT2D eigenvalue weighted by Crippen LogP contribution is -2.34. The Bertz CT molecular complexity index is 1250. The molecule has 0 saturated heterocycles. The summed E-state index contributed by atoms with van der Waals surface area (Å²) in [6.45, 7) is 18.9. The van der Waals surface area contributed by atoms with E-state index < -0.39 is 20.0 Å². The number of sulfonamides is 2. The molecule has 1 aliphatic rings. The first-order chi connectivity index (χ1) is 19.1. The highest BCUT2D eigenvalue weighted by Gasteiger charge is 2.30. The summed E-state index contributed by atoms with van der Waals surface area (Å²) < 4.78 is 58.3. The van der Waals surface area contributed by atoms with Gasteiger partial charge < -0.3 is 0 Å². The van der Waals surface area contributed by atoms with Crippen LogP contribution < -0.4 is 0 Å². The Morgan fingerprint density at radius 2 is 0.829 bits per heavy atom. The molecule has 230 valence electrons. The minimum atomic E-state index is -3.64. The van der Waals surface area contributed by atoms with E-state index in [9.17, 15) is 16.8 Å². The molecule has 0 aliphatic heterocycles. The molecular formula is C33H52N2O4S2. The Morgan fingerprint density at radius 3 is 1.10 bits per heavy atom. The molecule has 0 unspecified atom stereocenters. The summed E-state index contributed by atoms with van der Waals surface area (Å²) in [6.07, 6.45) is 3.78. The number of benzene rings is 2. The van der Waals surface area contributed by atoms with E-state index in [0.717, 1.165) is 47.9 Å². The summed E-state index contributed by atoms with van der Waals surface area (Å²) >= 11 is 0.